The molecule has 1 atom stereocenters. The number of hydrogen-bond donors (Lipinski definition) is 1. The molecular formula is C22H24N4O3S. The largest absolute Gasteiger partial charge is 0.350 e. The van der Waals surface area contributed by atoms with E-state index in [4.69, 9.17) is 0 Å². The quantitative estimate of drug-likeness (QED) is 0.745. The molecule has 4 rings (SSSR count). The lowest BCUT2D eigenvalue weighted by Gasteiger charge is -2.36. The smallest absolute Gasteiger partial charge is 0.250 e. The number of piperidine rings is 1. The number of benzene rings is 1. The summed E-state index contributed by atoms with van der Waals surface area (Å²) in [6.07, 6.45) is 6.40. The molecule has 8 heteroatoms. The Kier molecular flexibility index (Phi) is 6.32. The number of rotatable bonds is 5. The molecule has 1 aromatic carbocycles. The van der Waals surface area contributed by atoms with E-state index in [0.717, 1.165) is 29.7 Å². The average Bonchev–Trinajstić information content (AvgIpc) is 2.80. The third-order valence-corrected chi connectivity index (χ3v) is 6.54. The summed E-state index contributed by atoms with van der Waals surface area (Å²) in [4.78, 5) is 47.0. The van der Waals surface area contributed by atoms with Crippen LogP contribution in [0.1, 0.15) is 24.8 Å². The molecule has 1 fully saturated rings. The molecule has 7 nitrogen and oxygen atoms in total. The van der Waals surface area contributed by atoms with Crippen LogP contribution >= 0.6 is 11.8 Å². The van der Waals surface area contributed by atoms with Gasteiger partial charge < -0.3 is 15.1 Å². The topological polar surface area (TPSA) is 82.6 Å². The van der Waals surface area contributed by atoms with Crippen LogP contribution in [-0.2, 0) is 20.9 Å². The fourth-order valence-electron chi connectivity index (χ4n) is 3.72. The lowest BCUT2D eigenvalue weighted by atomic mass is 10.1. The number of aromatic nitrogens is 1. The molecule has 0 radical (unpaired) electrons. The van der Waals surface area contributed by atoms with E-state index >= 15 is 0 Å². The molecule has 0 unspecified atom stereocenters. The van der Waals surface area contributed by atoms with Gasteiger partial charge in [0, 0.05) is 36.9 Å². The van der Waals surface area contributed by atoms with Gasteiger partial charge in [-0.3, -0.25) is 19.4 Å². The molecule has 3 heterocycles. The van der Waals surface area contributed by atoms with Gasteiger partial charge in [-0.1, -0.05) is 18.2 Å². The van der Waals surface area contributed by atoms with Crippen molar-refractivity contribution in [3.05, 3.63) is 54.4 Å². The molecule has 0 aliphatic carbocycles. The maximum Gasteiger partial charge on any atom is 0.250 e. The van der Waals surface area contributed by atoms with Crippen LogP contribution in [0, 0.1) is 0 Å². The lowest BCUT2D eigenvalue weighted by molar-refractivity contribution is -0.135. The van der Waals surface area contributed by atoms with E-state index < -0.39 is 5.25 Å². The number of carbonyl (C=O) groups is 3. The van der Waals surface area contributed by atoms with Gasteiger partial charge in [-0.15, -0.1) is 11.8 Å². The van der Waals surface area contributed by atoms with Gasteiger partial charge in [-0.25, -0.2) is 0 Å². The van der Waals surface area contributed by atoms with Crippen molar-refractivity contribution >= 4 is 35.2 Å². The Morgan fingerprint density at radius 3 is 2.67 bits per heavy atom. The number of carbonyl (C=O) groups excluding carboxylic acids is 3. The summed E-state index contributed by atoms with van der Waals surface area (Å²) >= 11 is 1.29. The summed E-state index contributed by atoms with van der Waals surface area (Å²) in [7, 11) is 0. The maximum absolute atomic E-state index is 13.2. The zero-order valence-corrected chi connectivity index (χ0v) is 17.4. The first-order valence-electron chi connectivity index (χ1n) is 10.1. The van der Waals surface area contributed by atoms with E-state index in [1.807, 2.05) is 30.3 Å². The third kappa shape index (κ3) is 4.48. The average molecular weight is 425 g/mol. The van der Waals surface area contributed by atoms with Crippen LogP contribution in [0.15, 0.2) is 53.7 Å². The first kappa shape index (κ1) is 20.4. The predicted octanol–water partition coefficient (Wildman–Crippen LogP) is 2.22. The fraction of sp³-hybridized carbons (Fsp3) is 0.364. The van der Waals surface area contributed by atoms with Crippen LogP contribution in [-0.4, -0.2) is 52.5 Å². The Morgan fingerprint density at radius 2 is 1.90 bits per heavy atom. The molecule has 2 aliphatic rings. The highest BCUT2D eigenvalue weighted by Crippen LogP contribution is 2.39. The molecule has 0 saturated carbocycles. The molecule has 0 spiro atoms. The second kappa shape index (κ2) is 9.30. The van der Waals surface area contributed by atoms with Gasteiger partial charge >= 0.3 is 0 Å². The second-order valence-electron chi connectivity index (χ2n) is 7.41. The van der Waals surface area contributed by atoms with Gasteiger partial charge in [0.15, 0.2) is 5.25 Å². The summed E-state index contributed by atoms with van der Waals surface area (Å²) < 4.78 is 0. The van der Waals surface area contributed by atoms with Crippen LogP contribution in [0.5, 0.6) is 0 Å². The molecule has 1 N–H and O–H groups in total. The first-order valence-corrected chi connectivity index (χ1v) is 11.0. The molecule has 2 aromatic rings. The lowest BCUT2D eigenvalue weighted by Crippen LogP contribution is -2.52. The normalized spacial score (nSPS) is 18.7. The molecule has 1 aromatic heterocycles. The van der Waals surface area contributed by atoms with Crippen molar-refractivity contribution in [2.75, 3.05) is 24.5 Å². The van der Waals surface area contributed by atoms with E-state index in [9.17, 15) is 14.4 Å². The number of hydrogen-bond acceptors (Lipinski definition) is 5. The summed E-state index contributed by atoms with van der Waals surface area (Å²) in [6.45, 7) is 1.59. The number of pyridine rings is 1. The Hall–Kier alpha value is -2.87. The summed E-state index contributed by atoms with van der Waals surface area (Å²) in [5, 5.41) is 1.99. The fourth-order valence-corrected chi connectivity index (χ4v) is 4.91. The highest BCUT2D eigenvalue weighted by atomic mass is 32.2. The molecule has 3 amide bonds. The van der Waals surface area contributed by atoms with Crippen LogP contribution < -0.4 is 10.2 Å². The Morgan fingerprint density at radius 1 is 1.10 bits per heavy atom. The zero-order valence-electron chi connectivity index (χ0n) is 16.6. The number of likely N-dealkylation sites (tertiary alicyclic amines) is 1. The SMILES string of the molecule is O=C(CN1C(=O)[C@@H](C(=O)N2CCCCC2)Sc2ccccc21)NCc1cccnc1. The predicted molar refractivity (Wildman–Crippen MR) is 115 cm³/mol. The van der Waals surface area contributed by atoms with Gasteiger partial charge in [0.05, 0.1) is 5.69 Å². The summed E-state index contributed by atoms with van der Waals surface area (Å²) in [5.74, 6) is -0.760. The highest BCUT2D eigenvalue weighted by molar-refractivity contribution is 8.01. The number of anilines is 1. The minimum Gasteiger partial charge on any atom is -0.350 e. The van der Waals surface area contributed by atoms with Crippen molar-refractivity contribution in [1.29, 1.82) is 0 Å². The minimum atomic E-state index is -0.843. The number of para-hydroxylation sites is 1. The third-order valence-electron chi connectivity index (χ3n) is 5.30. The van der Waals surface area contributed by atoms with E-state index in [2.05, 4.69) is 10.3 Å². The van der Waals surface area contributed by atoms with Gasteiger partial charge in [0.2, 0.25) is 11.8 Å². The highest BCUT2D eigenvalue weighted by Gasteiger charge is 2.40. The monoisotopic (exact) mass is 424 g/mol. The van der Waals surface area contributed by atoms with Crippen LogP contribution in [0.2, 0.25) is 0 Å². The zero-order chi connectivity index (χ0) is 20.9. The van der Waals surface area contributed by atoms with Crippen molar-refractivity contribution in [2.45, 2.75) is 36.0 Å². The van der Waals surface area contributed by atoms with Crippen molar-refractivity contribution in [3.63, 3.8) is 0 Å². The Bertz CT molecular complexity index is 931. The number of nitrogens with one attached hydrogen (secondary N) is 1. The molecule has 1 saturated heterocycles. The Balaban J connectivity index is 1.49. The van der Waals surface area contributed by atoms with Crippen LogP contribution in [0.3, 0.4) is 0 Å². The maximum atomic E-state index is 13.2. The van der Waals surface area contributed by atoms with Gasteiger partial charge in [-0.05, 0) is 43.0 Å². The van der Waals surface area contributed by atoms with Crippen molar-refractivity contribution in [1.82, 2.24) is 15.2 Å². The van der Waals surface area contributed by atoms with Crippen molar-refractivity contribution in [3.8, 4) is 0 Å². The van der Waals surface area contributed by atoms with E-state index in [0.29, 0.717) is 25.3 Å². The number of fused-ring (bicyclic) bond motifs is 1. The number of thioether (sulfide) groups is 1. The number of nitrogens with zero attached hydrogens (tertiary/aromatic N) is 3. The van der Waals surface area contributed by atoms with Crippen molar-refractivity contribution < 1.29 is 14.4 Å². The molecular weight excluding hydrogens is 400 g/mol. The van der Waals surface area contributed by atoms with E-state index in [-0.39, 0.29) is 24.3 Å². The standard InChI is InChI=1S/C22H24N4O3S/c27-19(24-14-16-7-6-10-23-13-16)15-26-17-8-2-3-9-18(17)30-20(22(26)29)21(28)25-11-4-1-5-12-25/h2-3,6-10,13,20H,1,4-5,11-12,14-15H2,(H,24,27)/t20-/m1/s1. The van der Waals surface area contributed by atoms with Crippen molar-refractivity contribution in [2.24, 2.45) is 0 Å². The van der Waals surface area contributed by atoms with E-state index in [1.54, 1.807) is 23.4 Å². The minimum absolute atomic E-state index is 0.125. The summed E-state index contributed by atoms with van der Waals surface area (Å²) in [5.41, 5.74) is 1.55. The Labute approximate surface area is 179 Å². The van der Waals surface area contributed by atoms with Crippen LogP contribution in [0.4, 0.5) is 5.69 Å². The number of amides is 3. The molecule has 2 aliphatic heterocycles. The van der Waals surface area contributed by atoms with Crippen LogP contribution in [0.25, 0.3) is 0 Å². The van der Waals surface area contributed by atoms with Gasteiger partial charge in [0.1, 0.15) is 6.54 Å². The van der Waals surface area contributed by atoms with E-state index in [1.165, 1.54) is 16.7 Å². The van der Waals surface area contributed by atoms with Gasteiger partial charge in [0.25, 0.3) is 5.91 Å². The second-order valence-corrected chi connectivity index (χ2v) is 8.56. The molecule has 156 valence electrons. The molecule has 0 bridgehead atoms. The van der Waals surface area contributed by atoms with Gasteiger partial charge in [-0.2, -0.15) is 0 Å². The summed E-state index contributed by atoms with van der Waals surface area (Å²) in [6, 6.07) is 11.1. The first-order chi connectivity index (χ1) is 14.6. The molecule has 30 heavy (non-hydrogen) atoms.